The summed E-state index contributed by atoms with van der Waals surface area (Å²) in [6.45, 7) is 1.44. The third-order valence-electron chi connectivity index (χ3n) is 4.29. The first-order valence-electron chi connectivity index (χ1n) is 5.72. The van der Waals surface area contributed by atoms with Crippen LogP contribution >= 0.6 is 0 Å². The van der Waals surface area contributed by atoms with E-state index in [-0.39, 0.29) is 12.1 Å². The van der Waals surface area contributed by atoms with Crippen molar-refractivity contribution in [1.29, 1.82) is 0 Å². The molecule has 82 valence electrons. The summed E-state index contributed by atoms with van der Waals surface area (Å²) < 4.78 is 5.15. The van der Waals surface area contributed by atoms with E-state index in [9.17, 15) is 9.90 Å². The molecule has 5 unspecified atom stereocenters. The maximum Gasteiger partial charge on any atom is 0.307 e. The fourth-order valence-corrected chi connectivity index (χ4v) is 3.82. The third-order valence-corrected chi connectivity index (χ3v) is 4.29. The first-order valence-corrected chi connectivity index (χ1v) is 5.72. The van der Waals surface area contributed by atoms with Crippen LogP contribution in [-0.4, -0.2) is 17.2 Å². The van der Waals surface area contributed by atoms with Crippen LogP contribution in [0.3, 0.4) is 0 Å². The van der Waals surface area contributed by atoms with Crippen LogP contribution in [0.2, 0.25) is 0 Å². The van der Waals surface area contributed by atoms with Crippen molar-refractivity contribution < 1.29 is 14.6 Å². The van der Waals surface area contributed by atoms with E-state index in [0.717, 1.165) is 18.6 Å². The van der Waals surface area contributed by atoms with Gasteiger partial charge in [-0.15, -0.1) is 0 Å². The number of rotatable bonds is 1. The van der Waals surface area contributed by atoms with E-state index in [4.69, 9.17) is 4.74 Å². The zero-order valence-electron chi connectivity index (χ0n) is 8.85. The molecule has 1 N–H and O–H groups in total. The van der Waals surface area contributed by atoms with Gasteiger partial charge in [0.2, 0.25) is 0 Å². The summed E-state index contributed by atoms with van der Waals surface area (Å²) >= 11 is 0. The van der Waals surface area contributed by atoms with Crippen LogP contribution in [0.4, 0.5) is 0 Å². The molecule has 0 heterocycles. The Bertz CT molecular complexity index is 334. The quantitative estimate of drug-likeness (QED) is 0.664. The smallest absolute Gasteiger partial charge is 0.307 e. The average Bonchev–Trinajstić information content (AvgIpc) is 2.72. The van der Waals surface area contributed by atoms with Gasteiger partial charge in [-0.2, -0.15) is 0 Å². The summed E-state index contributed by atoms with van der Waals surface area (Å²) in [7, 11) is 0. The monoisotopic (exact) mass is 208 g/mol. The number of allylic oxidation sites excluding steroid dienone is 2. The second-order valence-electron chi connectivity index (χ2n) is 5.13. The molecule has 0 aromatic carbocycles. The third kappa shape index (κ3) is 1.33. The maximum absolute atomic E-state index is 10.8. The molecule has 5 atom stereocenters. The van der Waals surface area contributed by atoms with Crippen LogP contribution in [0.5, 0.6) is 0 Å². The normalized spacial score (nSPS) is 46.5. The Labute approximate surface area is 89.1 Å². The van der Waals surface area contributed by atoms with Crippen molar-refractivity contribution in [3.8, 4) is 0 Å². The number of ether oxygens (including phenoxy) is 1. The minimum Gasteiger partial charge on any atom is -0.432 e. The van der Waals surface area contributed by atoms with Gasteiger partial charge in [-0.3, -0.25) is 4.79 Å². The molecular weight excluding hydrogens is 192 g/mol. The Morgan fingerprint density at radius 2 is 2.27 bits per heavy atom. The Morgan fingerprint density at radius 3 is 3.00 bits per heavy atom. The van der Waals surface area contributed by atoms with Crippen molar-refractivity contribution in [2.45, 2.75) is 32.3 Å². The minimum absolute atomic E-state index is 0.110. The van der Waals surface area contributed by atoms with E-state index in [1.807, 2.05) is 0 Å². The molecule has 3 rings (SSSR count). The highest BCUT2D eigenvalue weighted by Crippen LogP contribution is 2.57. The Hall–Kier alpha value is -0.830. The summed E-state index contributed by atoms with van der Waals surface area (Å²) in [4.78, 5) is 10.8. The molecule has 0 amide bonds. The van der Waals surface area contributed by atoms with Gasteiger partial charge in [0, 0.05) is 13.3 Å². The van der Waals surface area contributed by atoms with Gasteiger partial charge in [0.15, 0.2) is 0 Å². The summed E-state index contributed by atoms with van der Waals surface area (Å²) in [6, 6.07) is 0. The first-order chi connectivity index (χ1) is 7.15. The standard InChI is InChI=1S/C12H16O3/c1-6(13)15-8-4-9-7-2-11(10(9)5-8)12(14)3-7/h4,7,9-12,14H,2-3,5H2,1H3. The summed E-state index contributed by atoms with van der Waals surface area (Å²) in [5.74, 6) is 2.78. The van der Waals surface area contributed by atoms with E-state index in [1.165, 1.54) is 13.3 Å². The highest BCUT2D eigenvalue weighted by atomic mass is 16.5. The molecule has 3 heteroatoms. The van der Waals surface area contributed by atoms with Crippen LogP contribution in [-0.2, 0) is 9.53 Å². The average molecular weight is 208 g/mol. The number of carbonyl (C=O) groups excluding carboxylic acids is 1. The van der Waals surface area contributed by atoms with Gasteiger partial charge in [-0.1, -0.05) is 0 Å². The molecule has 0 saturated heterocycles. The van der Waals surface area contributed by atoms with E-state index >= 15 is 0 Å². The molecule has 3 aliphatic rings. The van der Waals surface area contributed by atoms with Gasteiger partial charge in [0.05, 0.1) is 6.10 Å². The Kier molecular flexibility index (Phi) is 1.93. The van der Waals surface area contributed by atoms with Gasteiger partial charge >= 0.3 is 5.97 Å². The number of aliphatic hydroxyl groups is 1. The second kappa shape index (κ2) is 3.08. The molecule has 0 aliphatic heterocycles. The molecule has 0 aromatic heterocycles. The van der Waals surface area contributed by atoms with Crippen molar-refractivity contribution in [2.75, 3.05) is 0 Å². The van der Waals surface area contributed by atoms with Gasteiger partial charge in [-0.25, -0.2) is 0 Å². The number of aliphatic hydroxyl groups excluding tert-OH is 1. The van der Waals surface area contributed by atoms with Gasteiger partial charge in [0.25, 0.3) is 0 Å². The van der Waals surface area contributed by atoms with Crippen LogP contribution in [0.25, 0.3) is 0 Å². The number of hydrogen-bond acceptors (Lipinski definition) is 3. The lowest BCUT2D eigenvalue weighted by Crippen LogP contribution is -2.28. The van der Waals surface area contributed by atoms with Crippen LogP contribution in [0.15, 0.2) is 11.8 Å². The second-order valence-corrected chi connectivity index (χ2v) is 5.13. The minimum atomic E-state index is -0.228. The van der Waals surface area contributed by atoms with Crippen molar-refractivity contribution in [2.24, 2.45) is 23.7 Å². The molecular formula is C12H16O3. The number of carbonyl (C=O) groups is 1. The molecule has 2 fully saturated rings. The van der Waals surface area contributed by atoms with E-state index in [0.29, 0.717) is 23.7 Å². The van der Waals surface area contributed by atoms with E-state index < -0.39 is 0 Å². The summed E-state index contributed by atoms with van der Waals surface area (Å²) in [5, 5.41) is 9.80. The number of esters is 1. The number of fused-ring (bicyclic) bond motifs is 5. The van der Waals surface area contributed by atoms with Gasteiger partial charge < -0.3 is 9.84 Å². The first kappa shape index (κ1) is 9.40. The highest BCUT2D eigenvalue weighted by Gasteiger charge is 2.53. The SMILES string of the molecule is CC(=O)OC1=CC2C3CC(O)C(C3)C2C1. The molecule has 2 saturated carbocycles. The number of hydrogen-bond donors (Lipinski definition) is 1. The molecule has 15 heavy (non-hydrogen) atoms. The van der Waals surface area contributed by atoms with Crippen molar-refractivity contribution in [3.05, 3.63) is 11.8 Å². The van der Waals surface area contributed by atoms with Crippen molar-refractivity contribution in [3.63, 3.8) is 0 Å². The Balaban J connectivity index is 1.76. The van der Waals surface area contributed by atoms with E-state index in [2.05, 4.69) is 6.08 Å². The van der Waals surface area contributed by atoms with Crippen molar-refractivity contribution in [1.82, 2.24) is 0 Å². The van der Waals surface area contributed by atoms with Crippen molar-refractivity contribution >= 4 is 5.97 Å². The predicted molar refractivity (Wildman–Crippen MR) is 53.7 cm³/mol. The van der Waals surface area contributed by atoms with Crippen LogP contribution in [0.1, 0.15) is 26.2 Å². The molecule has 3 nitrogen and oxygen atoms in total. The summed E-state index contributed by atoms with van der Waals surface area (Å²) in [5.41, 5.74) is 0. The fraction of sp³-hybridized carbons (Fsp3) is 0.750. The van der Waals surface area contributed by atoms with E-state index in [1.54, 1.807) is 0 Å². The largest absolute Gasteiger partial charge is 0.432 e. The lowest BCUT2D eigenvalue weighted by molar-refractivity contribution is -0.137. The molecule has 3 aliphatic carbocycles. The Morgan fingerprint density at radius 1 is 1.47 bits per heavy atom. The lowest BCUT2D eigenvalue weighted by Gasteiger charge is -2.27. The molecule has 0 aromatic rings. The maximum atomic E-state index is 10.8. The zero-order valence-corrected chi connectivity index (χ0v) is 8.85. The molecule has 0 radical (unpaired) electrons. The molecule has 0 spiro atoms. The predicted octanol–water partition coefficient (Wildman–Crippen LogP) is 1.47. The zero-order chi connectivity index (χ0) is 10.6. The topological polar surface area (TPSA) is 46.5 Å². The van der Waals surface area contributed by atoms with Gasteiger partial charge in [0.1, 0.15) is 5.76 Å². The van der Waals surface area contributed by atoms with Gasteiger partial charge in [-0.05, 0) is 42.6 Å². The lowest BCUT2D eigenvalue weighted by atomic mass is 9.80. The van der Waals surface area contributed by atoms with Crippen LogP contribution < -0.4 is 0 Å². The van der Waals surface area contributed by atoms with Crippen LogP contribution in [0, 0.1) is 23.7 Å². The fourth-order valence-electron chi connectivity index (χ4n) is 3.82. The molecule has 2 bridgehead atoms. The highest BCUT2D eigenvalue weighted by molar-refractivity contribution is 5.67. The summed E-state index contributed by atoms with van der Waals surface area (Å²) in [6.07, 6.45) is 4.97.